The van der Waals surface area contributed by atoms with Crippen molar-refractivity contribution < 1.29 is 9.18 Å². The molecule has 0 bridgehead atoms. The first-order chi connectivity index (χ1) is 11.0. The van der Waals surface area contributed by atoms with E-state index in [1.165, 1.54) is 30.3 Å². The second-order valence-corrected chi connectivity index (χ2v) is 5.31. The summed E-state index contributed by atoms with van der Waals surface area (Å²) in [4.78, 5) is 11.7. The Labute approximate surface area is 143 Å². The molecule has 0 aliphatic carbocycles. The van der Waals surface area contributed by atoms with Crippen LogP contribution >= 0.6 is 23.8 Å². The number of nitrogens with one attached hydrogen (secondary N) is 3. The number of hydrazine groups is 1. The minimum Gasteiger partial charge on any atom is -0.331 e. The van der Waals surface area contributed by atoms with E-state index in [4.69, 9.17) is 23.8 Å². The van der Waals surface area contributed by atoms with Gasteiger partial charge in [0.1, 0.15) is 5.82 Å². The highest BCUT2D eigenvalue weighted by Crippen LogP contribution is 2.11. The molecule has 0 saturated heterocycles. The van der Waals surface area contributed by atoms with E-state index in [0.29, 0.717) is 10.7 Å². The van der Waals surface area contributed by atoms with Gasteiger partial charge < -0.3 is 5.32 Å². The number of thiocarbonyl (C=S) groups is 1. The Morgan fingerprint density at radius 2 is 1.87 bits per heavy atom. The Kier molecular flexibility index (Phi) is 6.08. The van der Waals surface area contributed by atoms with Gasteiger partial charge in [-0.3, -0.25) is 15.6 Å². The van der Waals surface area contributed by atoms with Crippen LogP contribution in [0.25, 0.3) is 6.08 Å². The summed E-state index contributed by atoms with van der Waals surface area (Å²) in [5, 5.41) is 3.58. The zero-order valence-electron chi connectivity index (χ0n) is 11.8. The van der Waals surface area contributed by atoms with Crippen molar-refractivity contribution in [2.75, 3.05) is 5.32 Å². The van der Waals surface area contributed by atoms with Crippen molar-refractivity contribution in [2.24, 2.45) is 0 Å². The van der Waals surface area contributed by atoms with E-state index in [1.807, 2.05) is 6.07 Å². The van der Waals surface area contributed by atoms with Gasteiger partial charge in [0.05, 0.1) is 0 Å². The summed E-state index contributed by atoms with van der Waals surface area (Å²) in [5.41, 5.74) is 6.36. The van der Waals surface area contributed by atoms with Crippen molar-refractivity contribution >= 4 is 46.6 Å². The Balaban J connectivity index is 1.79. The second-order valence-electron chi connectivity index (χ2n) is 4.46. The third-order valence-electron chi connectivity index (χ3n) is 2.68. The number of anilines is 1. The quantitative estimate of drug-likeness (QED) is 0.451. The maximum atomic E-state index is 12.8. The van der Waals surface area contributed by atoms with E-state index in [1.54, 1.807) is 24.3 Å². The van der Waals surface area contributed by atoms with Crippen LogP contribution in [-0.4, -0.2) is 11.0 Å². The number of carbonyl (C=O) groups is 1. The van der Waals surface area contributed by atoms with Crippen LogP contribution in [0.15, 0.2) is 54.6 Å². The topological polar surface area (TPSA) is 53.2 Å². The molecule has 0 aromatic heterocycles. The third kappa shape index (κ3) is 6.06. The van der Waals surface area contributed by atoms with Crippen LogP contribution in [0.4, 0.5) is 10.1 Å². The summed E-state index contributed by atoms with van der Waals surface area (Å²) in [7, 11) is 0. The molecular formula is C16H13ClFN3OS. The number of benzene rings is 2. The average molecular weight is 350 g/mol. The van der Waals surface area contributed by atoms with Crippen LogP contribution in [-0.2, 0) is 4.79 Å². The Bertz CT molecular complexity index is 734. The van der Waals surface area contributed by atoms with Gasteiger partial charge in [-0.1, -0.05) is 23.7 Å². The number of amides is 1. The first-order valence-corrected chi connectivity index (χ1v) is 7.38. The standard InChI is InChI=1S/C16H13ClFN3OS/c17-12-3-1-2-11(10-12)4-9-15(22)20-21-16(23)19-14-7-5-13(18)6-8-14/h1-10H,(H,20,22)(H2,19,21,23)/b9-4+. The molecule has 0 aliphatic heterocycles. The summed E-state index contributed by atoms with van der Waals surface area (Å²) < 4.78 is 12.8. The molecule has 0 spiro atoms. The molecule has 7 heteroatoms. The molecule has 0 unspecified atom stereocenters. The molecule has 0 aliphatic rings. The maximum Gasteiger partial charge on any atom is 0.262 e. The normalized spacial score (nSPS) is 10.3. The summed E-state index contributed by atoms with van der Waals surface area (Å²) in [5.74, 6) is -0.720. The van der Waals surface area contributed by atoms with Gasteiger partial charge in [-0.2, -0.15) is 0 Å². The molecule has 0 atom stereocenters. The van der Waals surface area contributed by atoms with Crippen LogP contribution in [0.1, 0.15) is 5.56 Å². The fourth-order valence-corrected chi connectivity index (χ4v) is 2.01. The molecule has 0 saturated carbocycles. The van der Waals surface area contributed by atoms with E-state index in [-0.39, 0.29) is 16.8 Å². The predicted molar refractivity (Wildman–Crippen MR) is 94.4 cm³/mol. The highest BCUT2D eigenvalue weighted by molar-refractivity contribution is 7.80. The minimum atomic E-state index is -0.381. The molecule has 2 aromatic carbocycles. The number of hydrogen-bond donors (Lipinski definition) is 3. The van der Waals surface area contributed by atoms with Gasteiger partial charge in [0.2, 0.25) is 0 Å². The smallest absolute Gasteiger partial charge is 0.262 e. The Morgan fingerprint density at radius 3 is 2.57 bits per heavy atom. The first kappa shape index (κ1) is 16.9. The molecule has 3 N–H and O–H groups in total. The average Bonchev–Trinajstić information content (AvgIpc) is 2.53. The highest BCUT2D eigenvalue weighted by atomic mass is 35.5. The molecule has 0 heterocycles. The molecule has 2 aromatic rings. The van der Waals surface area contributed by atoms with Gasteiger partial charge >= 0.3 is 0 Å². The molecule has 0 radical (unpaired) electrons. The molecule has 4 nitrogen and oxygen atoms in total. The van der Waals surface area contributed by atoms with Crippen molar-refractivity contribution in [3.8, 4) is 0 Å². The number of rotatable bonds is 3. The number of hydrogen-bond acceptors (Lipinski definition) is 2. The van der Waals surface area contributed by atoms with Crippen molar-refractivity contribution in [3.63, 3.8) is 0 Å². The van der Waals surface area contributed by atoms with E-state index in [0.717, 1.165) is 5.56 Å². The molecule has 0 fully saturated rings. The summed E-state index contributed by atoms with van der Waals surface area (Å²) >= 11 is 10.9. The fourth-order valence-electron chi connectivity index (χ4n) is 1.64. The Hall–Kier alpha value is -2.44. The summed E-state index contributed by atoms with van der Waals surface area (Å²) in [6.45, 7) is 0. The molecule has 23 heavy (non-hydrogen) atoms. The van der Waals surface area contributed by atoms with Gasteiger partial charge in [-0.25, -0.2) is 4.39 Å². The van der Waals surface area contributed by atoms with Gasteiger partial charge in [-0.15, -0.1) is 0 Å². The molecule has 118 valence electrons. The number of halogens is 2. The third-order valence-corrected chi connectivity index (χ3v) is 3.12. The van der Waals surface area contributed by atoms with E-state index < -0.39 is 0 Å². The first-order valence-electron chi connectivity index (χ1n) is 6.59. The summed E-state index contributed by atoms with van der Waals surface area (Å²) in [6, 6.07) is 12.8. The van der Waals surface area contributed by atoms with Gasteiger partial charge in [0.15, 0.2) is 5.11 Å². The predicted octanol–water partition coefficient (Wildman–Crippen LogP) is 3.51. The lowest BCUT2D eigenvalue weighted by Crippen LogP contribution is -2.43. The van der Waals surface area contributed by atoms with Gasteiger partial charge in [-0.05, 0) is 60.3 Å². The van der Waals surface area contributed by atoms with Crippen molar-refractivity contribution in [1.29, 1.82) is 0 Å². The second kappa shape index (κ2) is 8.26. The zero-order valence-corrected chi connectivity index (χ0v) is 13.4. The van der Waals surface area contributed by atoms with Crippen LogP contribution in [0, 0.1) is 5.82 Å². The molecular weight excluding hydrogens is 337 g/mol. The van der Waals surface area contributed by atoms with E-state index in [2.05, 4.69) is 16.2 Å². The monoisotopic (exact) mass is 349 g/mol. The van der Waals surface area contributed by atoms with Gasteiger partial charge in [0, 0.05) is 16.8 Å². The van der Waals surface area contributed by atoms with Crippen LogP contribution in [0.3, 0.4) is 0 Å². The summed E-state index contributed by atoms with van der Waals surface area (Å²) in [6.07, 6.45) is 2.97. The highest BCUT2D eigenvalue weighted by Gasteiger charge is 2.00. The van der Waals surface area contributed by atoms with E-state index >= 15 is 0 Å². The zero-order chi connectivity index (χ0) is 16.7. The molecule has 1 amide bonds. The molecule has 2 rings (SSSR count). The largest absolute Gasteiger partial charge is 0.331 e. The fraction of sp³-hybridized carbons (Fsp3) is 0. The van der Waals surface area contributed by atoms with Gasteiger partial charge in [0.25, 0.3) is 5.91 Å². The van der Waals surface area contributed by atoms with Crippen LogP contribution in [0.2, 0.25) is 5.02 Å². The lowest BCUT2D eigenvalue weighted by atomic mass is 10.2. The minimum absolute atomic E-state index is 0.182. The number of carbonyl (C=O) groups excluding carboxylic acids is 1. The maximum absolute atomic E-state index is 12.8. The SMILES string of the molecule is O=C(/C=C/c1cccc(Cl)c1)NNC(=S)Nc1ccc(F)cc1. The van der Waals surface area contributed by atoms with Crippen molar-refractivity contribution in [2.45, 2.75) is 0 Å². The van der Waals surface area contributed by atoms with Crippen molar-refractivity contribution in [1.82, 2.24) is 10.9 Å². The van der Waals surface area contributed by atoms with Crippen LogP contribution in [0.5, 0.6) is 0 Å². The van der Waals surface area contributed by atoms with E-state index in [9.17, 15) is 9.18 Å². The van der Waals surface area contributed by atoms with Crippen LogP contribution < -0.4 is 16.2 Å². The Morgan fingerprint density at radius 1 is 1.13 bits per heavy atom. The lowest BCUT2D eigenvalue weighted by Gasteiger charge is -2.10. The van der Waals surface area contributed by atoms with Crippen molar-refractivity contribution in [3.05, 3.63) is 71.0 Å². The lowest BCUT2D eigenvalue weighted by molar-refractivity contribution is -0.116.